The highest BCUT2D eigenvalue weighted by atomic mass is 35.5. The minimum atomic E-state index is -0.568. The maximum Gasteiger partial charge on any atom is 0.241 e. The fourth-order valence-corrected chi connectivity index (χ4v) is 2.55. The number of nitrogens with two attached hydrogens (primary N) is 1. The van der Waals surface area contributed by atoms with E-state index in [9.17, 15) is 4.79 Å². The summed E-state index contributed by atoms with van der Waals surface area (Å²) in [6.45, 7) is 5.00. The van der Waals surface area contributed by atoms with Gasteiger partial charge in [0, 0.05) is 6.54 Å². The lowest BCUT2D eigenvalue weighted by Gasteiger charge is -2.29. The summed E-state index contributed by atoms with van der Waals surface area (Å²) >= 11 is 0. The minimum Gasteiger partial charge on any atom is -0.354 e. The lowest BCUT2D eigenvalue weighted by atomic mass is 9.97. The lowest BCUT2D eigenvalue weighted by molar-refractivity contribution is -0.122. The number of carbonyl (C=O) groups excluding carboxylic acids is 1. The SMILES string of the molecule is Cc1ccc(C(N)C(=O)NCC2CCN(C)CC2)cc1.Cl.Cl. The number of nitrogens with one attached hydrogen (secondary N) is 1. The van der Waals surface area contributed by atoms with Crippen molar-refractivity contribution in [3.8, 4) is 0 Å². The maximum absolute atomic E-state index is 12.1. The number of piperidine rings is 1. The van der Waals surface area contributed by atoms with Gasteiger partial charge < -0.3 is 16.0 Å². The average molecular weight is 348 g/mol. The van der Waals surface area contributed by atoms with E-state index in [1.165, 1.54) is 5.56 Å². The molecule has 1 aromatic carbocycles. The minimum absolute atomic E-state index is 0. The van der Waals surface area contributed by atoms with Gasteiger partial charge in [-0.25, -0.2) is 0 Å². The number of hydrogen-bond donors (Lipinski definition) is 2. The summed E-state index contributed by atoms with van der Waals surface area (Å²) in [6.07, 6.45) is 2.30. The summed E-state index contributed by atoms with van der Waals surface area (Å²) in [5.41, 5.74) is 8.05. The molecule has 22 heavy (non-hydrogen) atoms. The van der Waals surface area contributed by atoms with Crippen LogP contribution < -0.4 is 11.1 Å². The van der Waals surface area contributed by atoms with Gasteiger partial charge in [-0.15, -0.1) is 24.8 Å². The summed E-state index contributed by atoms with van der Waals surface area (Å²) in [5, 5.41) is 3.00. The molecule has 4 nitrogen and oxygen atoms in total. The number of nitrogens with zero attached hydrogens (tertiary/aromatic N) is 1. The van der Waals surface area contributed by atoms with E-state index in [0.717, 1.165) is 38.0 Å². The molecule has 0 radical (unpaired) electrons. The van der Waals surface area contributed by atoms with Crippen LogP contribution in [0.1, 0.15) is 30.0 Å². The van der Waals surface area contributed by atoms with E-state index < -0.39 is 6.04 Å². The van der Waals surface area contributed by atoms with Gasteiger partial charge in [0.15, 0.2) is 0 Å². The second kappa shape index (κ2) is 10.1. The van der Waals surface area contributed by atoms with Gasteiger partial charge in [-0.3, -0.25) is 4.79 Å². The summed E-state index contributed by atoms with van der Waals surface area (Å²) in [7, 11) is 2.14. The molecule has 1 fully saturated rings. The Hall–Kier alpha value is -0.810. The zero-order valence-corrected chi connectivity index (χ0v) is 14.9. The molecule has 0 saturated carbocycles. The normalized spacial score (nSPS) is 17.0. The van der Waals surface area contributed by atoms with Gasteiger partial charge in [0.25, 0.3) is 0 Å². The van der Waals surface area contributed by atoms with Crippen molar-refractivity contribution >= 4 is 30.7 Å². The molecular weight excluding hydrogens is 321 g/mol. The molecular formula is C16H27Cl2N3O. The van der Waals surface area contributed by atoms with E-state index in [4.69, 9.17) is 5.73 Å². The Labute approximate surface area is 145 Å². The monoisotopic (exact) mass is 347 g/mol. The molecule has 1 aromatic rings. The van der Waals surface area contributed by atoms with E-state index in [1.54, 1.807) is 0 Å². The molecule has 0 aliphatic carbocycles. The highest BCUT2D eigenvalue weighted by Gasteiger charge is 2.20. The smallest absolute Gasteiger partial charge is 0.241 e. The molecule has 1 amide bonds. The van der Waals surface area contributed by atoms with Crippen molar-refractivity contribution in [1.29, 1.82) is 0 Å². The largest absolute Gasteiger partial charge is 0.354 e. The van der Waals surface area contributed by atoms with Crippen LogP contribution in [0.15, 0.2) is 24.3 Å². The molecule has 1 saturated heterocycles. The molecule has 1 aliphatic rings. The molecule has 3 N–H and O–H groups in total. The van der Waals surface area contributed by atoms with Crippen molar-refractivity contribution in [2.45, 2.75) is 25.8 Å². The third kappa shape index (κ3) is 6.13. The van der Waals surface area contributed by atoms with Crippen LogP contribution in [0.2, 0.25) is 0 Å². The summed E-state index contributed by atoms with van der Waals surface area (Å²) in [4.78, 5) is 14.4. The Balaban J connectivity index is 0.00000220. The van der Waals surface area contributed by atoms with Crippen LogP contribution in [0.5, 0.6) is 0 Å². The predicted octanol–water partition coefficient (Wildman–Crippen LogP) is 2.30. The first-order chi connectivity index (χ1) is 9.56. The van der Waals surface area contributed by atoms with Crippen LogP contribution >= 0.6 is 24.8 Å². The first kappa shape index (κ1) is 21.2. The van der Waals surface area contributed by atoms with Crippen molar-refractivity contribution in [3.05, 3.63) is 35.4 Å². The molecule has 1 aliphatic heterocycles. The molecule has 126 valence electrons. The van der Waals surface area contributed by atoms with E-state index >= 15 is 0 Å². The molecule has 2 rings (SSSR count). The number of aryl methyl sites for hydroxylation is 1. The highest BCUT2D eigenvalue weighted by molar-refractivity contribution is 5.85. The number of rotatable bonds is 4. The van der Waals surface area contributed by atoms with Crippen LogP contribution in [0.4, 0.5) is 0 Å². The van der Waals surface area contributed by atoms with Gasteiger partial charge >= 0.3 is 0 Å². The van der Waals surface area contributed by atoms with Crippen molar-refractivity contribution in [3.63, 3.8) is 0 Å². The Bertz CT molecular complexity index is 445. The number of carbonyl (C=O) groups is 1. The number of halogens is 2. The Kier molecular flexibility index (Phi) is 9.69. The topological polar surface area (TPSA) is 58.4 Å². The molecule has 1 atom stereocenters. The van der Waals surface area contributed by atoms with Gasteiger partial charge in [-0.2, -0.15) is 0 Å². The predicted molar refractivity (Wildman–Crippen MR) is 95.8 cm³/mol. The van der Waals surface area contributed by atoms with Crippen LogP contribution in [-0.2, 0) is 4.79 Å². The average Bonchev–Trinajstić information content (AvgIpc) is 2.46. The van der Waals surface area contributed by atoms with Gasteiger partial charge in [-0.05, 0) is 51.4 Å². The van der Waals surface area contributed by atoms with E-state index in [1.807, 2.05) is 31.2 Å². The Morgan fingerprint density at radius 2 is 1.82 bits per heavy atom. The summed E-state index contributed by atoms with van der Waals surface area (Å²) in [5.74, 6) is 0.508. The molecule has 1 unspecified atom stereocenters. The standard InChI is InChI=1S/C16H25N3O.2ClH/c1-12-3-5-14(6-4-12)15(17)16(20)18-11-13-7-9-19(2)10-8-13;;/h3-6,13,15H,7-11,17H2,1-2H3,(H,18,20);2*1H. The first-order valence-electron chi connectivity index (χ1n) is 7.34. The van der Waals surface area contributed by atoms with Crippen molar-refractivity contribution in [2.75, 3.05) is 26.7 Å². The van der Waals surface area contributed by atoms with Crippen molar-refractivity contribution in [1.82, 2.24) is 10.2 Å². The van der Waals surface area contributed by atoms with Gasteiger partial charge in [0.1, 0.15) is 6.04 Å². The fraction of sp³-hybridized carbons (Fsp3) is 0.562. The summed E-state index contributed by atoms with van der Waals surface area (Å²) in [6, 6.07) is 7.25. The third-order valence-electron chi connectivity index (χ3n) is 4.12. The lowest BCUT2D eigenvalue weighted by Crippen LogP contribution is -2.40. The van der Waals surface area contributed by atoms with Crippen LogP contribution in [0.3, 0.4) is 0 Å². The first-order valence-corrected chi connectivity index (χ1v) is 7.34. The Morgan fingerprint density at radius 1 is 1.27 bits per heavy atom. The summed E-state index contributed by atoms with van der Waals surface area (Å²) < 4.78 is 0. The number of amides is 1. The molecule has 0 bridgehead atoms. The second-order valence-electron chi connectivity index (χ2n) is 5.88. The molecule has 6 heteroatoms. The zero-order valence-electron chi connectivity index (χ0n) is 13.2. The second-order valence-corrected chi connectivity index (χ2v) is 5.88. The maximum atomic E-state index is 12.1. The van der Waals surface area contributed by atoms with Gasteiger partial charge in [0.2, 0.25) is 5.91 Å². The molecule has 1 heterocycles. The molecule has 0 aromatic heterocycles. The third-order valence-corrected chi connectivity index (χ3v) is 4.12. The van der Waals surface area contributed by atoms with Crippen molar-refractivity contribution < 1.29 is 4.79 Å². The quantitative estimate of drug-likeness (QED) is 0.878. The number of benzene rings is 1. The van der Waals surface area contributed by atoms with E-state index in [2.05, 4.69) is 17.3 Å². The Morgan fingerprint density at radius 3 is 2.36 bits per heavy atom. The van der Waals surface area contributed by atoms with E-state index in [0.29, 0.717) is 5.92 Å². The fourth-order valence-electron chi connectivity index (χ4n) is 2.55. The van der Waals surface area contributed by atoms with Gasteiger partial charge in [-0.1, -0.05) is 29.8 Å². The number of hydrogen-bond acceptors (Lipinski definition) is 3. The van der Waals surface area contributed by atoms with Crippen LogP contribution in [0, 0.1) is 12.8 Å². The van der Waals surface area contributed by atoms with E-state index in [-0.39, 0.29) is 30.7 Å². The molecule has 0 spiro atoms. The number of likely N-dealkylation sites (tertiary alicyclic amines) is 1. The van der Waals surface area contributed by atoms with Gasteiger partial charge in [0.05, 0.1) is 0 Å². The van der Waals surface area contributed by atoms with Crippen LogP contribution in [0.25, 0.3) is 0 Å². The van der Waals surface area contributed by atoms with Crippen molar-refractivity contribution in [2.24, 2.45) is 11.7 Å². The highest BCUT2D eigenvalue weighted by Crippen LogP contribution is 2.16. The zero-order chi connectivity index (χ0) is 14.5. The van der Waals surface area contributed by atoms with Crippen LogP contribution in [-0.4, -0.2) is 37.5 Å².